The number of aromatic nitrogens is 2. The molecular formula is C10H9FN6. The Morgan fingerprint density at radius 3 is 3.12 bits per heavy atom. The number of fused-ring (bicyclic) bond motifs is 1. The van der Waals surface area contributed by atoms with Gasteiger partial charge in [0.25, 0.3) is 0 Å². The highest BCUT2D eigenvalue weighted by atomic mass is 19.1. The average Bonchev–Trinajstić information content (AvgIpc) is 2.76. The molecule has 0 spiro atoms. The molecule has 7 heteroatoms. The minimum Gasteiger partial charge on any atom is -0.381 e. The van der Waals surface area contributed by atoms with Crippen molar-refractivity contribution in [1.29, 1.82) is 0 Å². The second kappa shape index (κ2) is 3.62. The van der Waals surface area contributed by atoms with Gasteiger partial charge in [-0.05, 0) is 6.08 Å². The summed E-state index contributed by atoms with van der Waals surface area (Å²) in [5.41, 5.74) is 8.89. The molecule has 0 saturated heterocycles. The second-order valence-electron chi connectivity index (χ2n) is 3.71. The number of allylic oxidation sites excluding steroid dienone is 1. The van der Waals surface area contributed by atoms with E-state index in [2.05, 4.69) is 25.5 Å². The number of dihydropyridines is 1. The van der Waals surface area contributed by atoms with Crippen LogP contribution >= 0.6 is 0 Å². The number of hydrogen-bond acceptors (Lipinski definition) is 6. The first-order chi connectivity index (χ1) is 8.25. The molecule has 3 N–H and O–H groups in total. The second-order valence-corrected chi connectivity index (χ2v) is 3.71. The average molecular weight is 232 g/mol. The highest BCUT2D eigenvalue weighted by molar-refractivity contribution is 6.02. The molecule has 1 aromatic heterocycles. The fraction of sp³-hybridized carbons (Fsp3) is 0.200. The number of hydrogen-bond donors (Lipinski definition) is 2. The minimum atomic E-state index is -0.630. The summed E-state index contributed by atoms with van der Waals surface area (Å²) >= 11 is 0. The number of nitrogen functional groups attached to an aromatic ring is 1. The zero-order valence-corrected chi connectivity index (χ0v) is 8.71. The third-order valence-corrected chi connectivity index (χ3v) is 2.62. The Hall–Kier alpha value is -2.31. The summed E-state index contributed by atoms with van der Waals surface area (Å²) in [6, 6.07) is 0. The van der Waals surface area contributed by atoms with Gasteiger partial charge in [-0.3, -0.25) is 10.4 Å². The van der Waals surface area contributed by atoms with Gasteiger partial charge in [0.15, 0.2) is 17.5 Å². The van der Waals surface area contributed by atoms with E-state index in [1.54, 1.807) is 6.21 Å². The van der Waals surface area contributed by atoms with Crippen LogP contribution in [-0.2, 0) is 0 Å². The molecular weight excluding hydrogens is 223 g/mol. The Morgan fingerprint density at radius 2 is 2.29 bits per heavy atom. The Balaban J connectivity index is 1.97. The quantitative estimate of drug-likeness (QED) is 0.718. The van der Waals surface area contributed by atoms with Crippen LogP contribution in [0, 0.1) is 11.7 Å². The summed E-state index contributed by atoms with van der Waals surface area (Å²) in [7, 11) is 0. The minimum absolute atomic E-state index is 0.0372. The van der Waals surface area contributed by atoms with Gasteiger partial charge in [0, 0.05) is 6.21 Å². The first-order valence-corrected chi connectivity index (χ1v) is 5.07. The van der Waals surface area contributed by atoms with E-state index in [1.165, 1.54) is 0 Å². The standard InChI is InChI=1S/C10H9FN6/c11-6-4-14-10(15-8(6)12)7-5-2-1-3-13-9(5)17-16-7/h1-5,9,17H,(H2,12,14,15). The Labute approximate surface area is 96.2 Å². The normalized spacial score (nSPS) is 25.4. The fourth-order valence-corrected chi connectivity index (χ4v) is 1.78. The van der Waals surface area contributed by atoms with Crippen molar-refractivity contribution in [2.24, 2.45) is 16.0 Å². The molecule has 3 rings (SSSR count). The van der Waals surface area contributed by atoms with Crippen LogP contribution in [0.4, 0.5) is 10.2 Å². The van der Waals surface area contributed by atoms with E-state index in [1.807, 2.05) is 12.2 Å². The molecule has 2 unspecified atom stereocenters. The zero-order chi connectivity index (χ0) is 11.8. The van der Waals surface area contributed by atoms with Crippen molar-refractivity contribution in [2.75, 3.05) is 5.73 Å². The van der Waals surface area contributed by atoms with Crippen molar-refractivity contribution >= 4 is 17.7 Å². The maximum absolute atomic E-state index is 13.0. The maximum Gasteiger partial charge on any atom is 0.183 e. The summed E-state index contributed by atoms with van der Waals surface area (Å²) in [5.74, 6) is -0.519. The van der Waals surface area contributed by atoms with Crippen LogP contribution in [0.5, 0.6) is 0 Å². The van der Waals surface area contributed by atoms with E-state index in [0.29, 0.717) is 11.5 Å². The molecule has 3 heterocycles. The largest absolute Gasteiger partial charge is 0.381 e. The third kappa shape index (κ3) is 1.55. The lowest BCUT2D eigenvalue weighted by Gasteiger charge is -2.14. The Kier molecular flexibility index (Phi) is 2.10. The van der Waals surface area contributed by atoms with E-state index in [0.717, 1.165) is 6.20 Å². The van der Waals surface area contributed by atoms with E-state index in [-0.39, 0.29) is 17.9 Å². The van der Waals surface area contributed by atoms with Gasteiger partial charge in [0.2, 0.25) is 0 Å². The van der Waals surface area contributed by atoms with Gasteiger partial charge in [-0.15, -0.1) is 0 Å². The number of halogens is 1. The predicted octanol–water partition coefficient (Wildman–Crippen LogP) is 0.0881. The molecule has 0 fully saturated rings. The number of hydrazone groups is 1. The molecule has 0 radical (unpaired) electrons. The lowest BCUT2D eigenvalue weighted by atomic mass is 9.99. The summed E-state index contributed by atoms with van der Waals surface area (Å²) in [6.07, 6.45) is 6.39. The number of rotatable bonds is 1. The van der Waals surface area contributed by atoms with Crippen molar-refractivity contribution < 1.29 is 4.39 Å². The van der Waals surface area contributed by atoms with Crippen LogP contribution in [0.2, 0.25) is 0 Å². The lowest BCUT2D eigenvalue weighted by molar-refractivity contribution is 0.548. The van der Waals surface area contributed by atoms with Crippen molar-refractivity contribution in [1.82, 2.24) is 15.4 Å². The highest BCUT2D eigenvalue weighted by Crippen LogP contribution is 2.21. The van der Waals surface area contributed by atoms with Crippen molar-refractivity contribution in [3.05, 3.63) is 30.0 Å². The predicted molar refractivity (Wildman–Crippen MR) is 61.0 cm³/mol. The highest BCUT2D eigenvalue weighted by Gasteiger charge is 2.32. The van der Waals surface area contributed by atoms with Crippen LogP contribution in [0.1, 0.15) is 5.82 Å². The smallest absolute Gasteiger partial charge is 0.183 e. The van der Waals surface area contributed by atoms with E-state index in [9.17, 15) is 4.39 Å². The number of nitrogens with one attached hydrogen (secondary N) is 1. The van der Waals surface area contributed by atoms with Crippen LogP contribution in [0.25, 0.3) is 0 Å². The van der Waals surface area contributed by atoms with Crippen LogP contribution in [0.15, 0.2) is 28.4 Å². The SMILES string of the molecule is Nc1nc(C2=NNC3N=CC=CC23)ncc1F. The number of anilines is 1. The van der Waals surface area contributed by atoms with E-state index >= 15 is 0 Å². The van der Waals surface area contributed by atoms with E-state index in [4.69, 9.17) is 5.73 Å². The van der Waals surface area contributed by atoms with Crippen molar-refractivity contribution in [2.45, 2.75) is 6.17 Å². The third-order valence-electron chi connectivity index (χ3n) is 2.62. The molecule has 0 amide bonds. The number of nitrogens with zero attached hydrogens (tertiary/aromatic N) is 4. The molecule has 1 aromatic rings. The molecule has 2 aliphatic rings. The first kappa shape index (κ1) is 9.88. The van der Waals surface area contributed by atoms with Gasteiger partial charge in [-0.2, -0.15) is 5.10 Å². The van der Waals surface area contributed by atoms with Crippen molar-refractivity contribution in [3.8, 4) is 0 Å². The molecule has 0 bridgehead atoms. The maximum atomic E-state index is 13.0. The molecule has 86 valence electrons. The van der Waals surface area contributed by atoms with E-state index < -0.39 is 5.82 Å². The number of aliphatic imine (C=N–C) groups is 1. The van der Waals surface area contributed by atoms with Crippen molar-refractivity contribution in [3.63, 3.8) is 0 Å². The van der Waals surface area contributed by atoms with Gasteiger partial charge in [-0.1, -0.05) is 6.08 Å². The topological polar surface area (TPSA) is 88.5 Å². The first-order valence-electron chi connectivity index (χ1n) is 5.07. The molecule has 2 atom stereocenters. The van der Waals surface area contributed by atoms with Crippen LogP contribution < -0.4 is 11.2 Å². The summed E-state index contributed by atoms with van der Waals surface area (Å²) in [6.45, 7) is 0. The fourth-order valence-electron chi connectivity index (χ4n) is 1.78. The van der Waals surface area contributed by atoms with Gasteiger partial charge < -0.3 is 5.73 Å². The molecule has 0 aromatic carbocycles. The molecule has 2 aliphatic heterocycles. The molecule has 6 nitrogen and oxygen atoms in total. The zero-order valence-electron chi connectivity index (χ0n) is 8.71. The van der Waals surface area contributed by atoms with Crippen LogP contribution in [-0.4, -0.2) is 28.1 Å². The molecule has 0 saturated carbocycles. The van der Waals surface area contributed by atoms with Gasteiger partial charge >= 0.3 is 0 Å². The monoisotopic (exact) mass is 232 g/mol. The lowest BCUT2D eigenvalue weighted by Crippen LogP contribution is -2.29. The molecule has 17 heavy (non-hydrogen) atoms. The van der Waals surface area contributed by atoms with Crippen LogP contribution in [0.3, 0.4) is 0 Å². The van der Waals surface area contributed by atoms with Gasteiger partial charge in [-0.25, -0.2) is 14.4 Å². The Morgan fingerprint density at radius 1 is 1.41 bits per heavy atom. The number of nitrogens with two attached hydrogens (primary N) is 1. The Bertz CT molecular complexity index is 550. The summed E-state index contributed by atoms with van der Waals surface area (Å²) in [5, 5.41) is 4.12. The summed E-state index contributed by atoms with van der Waals surface area (Å²) < 4.78 is 13.0. The van der Waals surface area contributed by atoms with Gasteiger partial charge in [0.1, 0.15) is 11.9 Å². The molecule has 0 aliphatic carbocycles. The summed E-state index contributed by atoms with van der Waals surface area (Å²) in [4.78, 5) is 12.0. The van der Waals surface area contributed by atoms with Gasteiger partial charge in [0.05, 0.1) is 12.1 Å².